The molecular formula is C28H33N7O5. The van der Waals surface area contributed by atoms with Crippen molar-refractivity contribution < 1.29 is 23.8 Å². The van der Waals surface area contributed by atoms with Gasteiger partial charge in [-0.3, -0.25) is 9.59 Å². The second-order valence-electron chi connectivity index (χ2n) is 10.1. The van der Waals surface area contributed by atoms with E-state index in [1.165, 1.54) is 0 Å². The number of imidazole rings is 1. The first-order valence-corrected chi connectivity index (χ1v) is 13.7. The molecule has 2 unspecified atom stereocenters. The molecule has 210 valence electrons. The zero-order valence-corrected chi connectivity index (χ0v) is 22.5. The van der Waals surface area contributed by atoms with Gasteiger partial charge in [-0.15, -0.1) is 0 Å². The van der Waals surface area contributed by atoms with Gasteiger partial charge in [0.25, 0.3) is 5.91 Å². The van der Waals surface area contributed by atoms with E-state index in [0.29, 0.717) is 76.3 Å². The van der Waals surface area contributed by atoms with Gasteiger partial charge in [0.2, 0.25) is 5.91 Å². The van der Waals surface area contributed by atoms with E-state index >= 15 is 0 Å². The summed E-state index contributed by atoms with van der Waals surface area (Å²) < 4.78 is 17.0. The zero-order chi connectivity index (χ0) is 27.5. The Balaban J connectivity index is 1.17. The average molecular weight is 548 g/mol. The molecule has 12 heteroatoms. The van der Waals surface area contributed by atoms with Crippen LogP contribution < -0.4 is 19.7 Å². The number of carbonyl (C=O) groups is 2. The Labute approximate surface area is 232 Å². The monoisotopic (exact) mass is 547 g/mol. The van der Waals surface area contributed by atoms with Crippen molar-refractivity contribution in [2.45, 2.75) is 38.3 Å². The van der Waals surface area contributed by atoms with Crippen LogP contribution in [0.15, 0.2) is 36.7 Å². The Hall–Kier alpha value is -4.19. The van der Waals surface area contributed by atoms with Crippen molar-refractivity contribution in [3.63, 3.8) is 0 Å². The molecule has 0 saturated carbocycles. The topological polar surface area (TPSA) is 135 Å². The first kappa shape index (κ1) is 26.1. The van der Waals surface area contributed by atoms with Crippen molar-refractivity contribution >= 4 is 17.6 Å². The Kier molecular flexibility index (Phi) is 7.49. The fourth-order valence-corrected chi connectivity index (χ4v) is 5.34. The largest absolute Gasteiger partial charge is 0.486 e. The van der Waals surface area contributed by atoms with Gasteiger partial charge in [-0.1, -0.05) is 6.07 Å². The Morgan fingerprint density at radius 1 is 1.10 bits per heavy atom. The molecule has 0 spiro atoms. The number of nitrogens with zero attached hydrogens (tertiary/aromatic N) is 5. The molecule has 2 fully saturated rings. The number of nitrogens with one attached hydrogen (secondary N) is 2. The highest BCUT2D eigenvalue weighted by molar-refractivity contribution is 5.90. The van der Waals surface area contributed by atoms with Gasteiger partial charge in [0, 0.05) is 56.9 Å². The van der Waals surface area contributed by atoms with E-state index in [1.54, 1.807) is 17.3 Å². The third-order valence-corrected chi connectivity index (χ3v) is 7.37. The standard InChI is InChI=1S/C28H33N7O5/c1-18-15-24(33-26(32-18)25-29-8-9-30-25)34-10-11-35(28(37)22-3-2-12-38-22)20(17-34)27(36)31-7-6-19-4-5-21-23(16-19)40-14-13-39-21/h4-5,8-9,15-16,20,22H,2-3,6-7,10-14,17H2,1H3,(H,29,30)(H,31,36). The van der Waals surface area contributed by atoms with Gasteiger partial charge >= 0.3 is 0 Å². The summed E-state index contributed by atoms with van der Waals surface area (Å²) in [6.07, 6.45) is 5.03. The summed E-state index contributed by atoms with van der Waals surface area (Å²) in [6.45, 7) is 5.19. The Morgan fingerprint density at radius 3 is 2.77 bits per heavy atom. The SMILES string of the molecule is Cc1cc(N2CCN(C(=O)C3CCCO3)C(C(=O)NCCc3ccc4c(c3)OCCO4)C2)nc(-c2ncc[nH]2)n1. The zero-order valence-electron chi connectivity index (χ0n) is 22.5. The highest BCUT2D eigenvalue weighted by Crippen LogP contribution is 2.31. The van der Waals surface area contributed by atoms with E-state index in [1.807, 2.05) is 36.1 Å². The lowest BCUT2D eigenvalue weighted by Gasteiger charge is -2.41. The molecule has 2 amide bonds. The normalized spacial score (nSPS) is 20.4. The van der Waals surface area contributed by atoms with Crippen LogP contribution in [0.2, 0.25) is 0 Å². The number of H-pyrrole nitrogens is 1. The molecule has 3 aromatic rings. The molecule has 12 nitrogen and oxygen atoms in total. The number of hydrogen-bond donors (Lipinski definition) is 2. The Bertz CT molecular complexity index is 1360. The molecule has 0 radical (unpaired) electrons. The summed E-state index contributed by atoms with van der Waals surface area (Å²) in [7, 11) is 0. The number of carbonyl (C=O) groups excluding carboxylic acids is 2. The number of rotatable bonds is 7. The molecular weight excluding hydrogens is 514 g/mol. The molecule has 40 heavy (non-hydrogen) atoms. The Morgan fingerprint density at radius 2 is 1.98 bits per heavy atom. The number of aryl methyl sites for hydroxylation is 1. The number of aromatic amines is 1. The van der Waals surface area contributed by atoms with Crippen LogP contribution in [0, 0.1) is 6.92 Å². The molecule has 2 atom stereocenters. The van der Waals surface area contributed by atoms with Crippen molar-refractivity contribution in [3.05, 3.63) is 47.9 Å². The van der Waals surface area contributed by atoms with Crippen LogP contribution in [0.5, 0.6) is 11.5 Å². The quantitative estimate of drug-likeness (QED) is 0.451. The lowest BCUT2D eigenvalue weighted by Crippen LogP contribution is -2.62. The molecule has 5 heterocycles. The third kappa shape index (κ3) is 5.57. The number of aromatic nitrogens is 4. The van der Waals surface area contributed by atoms with Crippen LogP contribution in [-0.2, 0) is 20.7 Å². The second-order valence-corrected chi connectivity index (χ2v) is 10.1. The summed E-state index contributed by atoms with van der Waals surface area (Å²) >= 11 is 0. The van der Waals surface area contributed by atoms with Gasteiger partial charge in [-0.25, -0.2) is 15.0 Å². The lowest BCUT2D eigenvalue weighted by molar-refractivity contribution is -0.148. The van der Waals surface area contributed by atoms with Crippen LogP contribution in [-0.4, -0.2) is 94.8 Å². The first-order chi connectivity index (χ1) is 19.5. The van der Waals surface area contributed by atoms with E-state index < -0.39 is 12.1 Å². The molecule has 2 saturated heterocycles. The molecule has 3 aliphatic rings. The van der Waals surface area contributed by atoms with Crippen molar-refractivity contribution in [1.82, 2.24) is 30.2 Å². The van der Waals surface area contributed by atoms with E-state index in [4.69, 9.17) is 19.2 Å². The average Bonchev–Trinajstić information content (AvgIpc) is 3.72. The molecule has 3 aliphatic heterocycles. The predicted molar refractivity (Wildman–Crippen MR) is 145 cm³/mol. The summed E-state index contributed by atoms with van der Waals surface area (Å²) in [5.41, 5.74) is 1.82. The molecule has 0 aliphatic carbocycles. The van der Waals surface area contributed by atoms with E-state index in [9.17, 15) is 9.59 Å². The number of piperazine rings is 1. The highest BCUT2D eigenvalue weighted by Gasteiger charge is 2.39. The van der Waals surface area contributed by atoms with E-state index in [2.05, 4.69) is 20.3 Å². The molecule has 6 rings (SSSR count). The summed E-state index contributed by atoms with van der Waals surface area (Å²) in [4.78, 5) is 47.2. The van der Waals surface area contributed by atoms with Crippen LogP contribution in [0.1, 0.15) is 24.1 Å². The maximum atomic E-state index is 13.6. The molecule has 2 N–H and O–H groups in total. The van der Waals surface area contributed by atoms with Crippen LogP contribution in [0.4, 0.5) is 5.82 Å². The maximum absolute atomic E-state index is 13.6. The fraction of sp³-hybridized carbons (Fsp3) is 0.464. The van der Waals surface area contributed by atoms with Gasteiger partial charge in [0.15, 0.2) is 23.1 Å². The van der Waals surface area contributed by atoms with Gasteiger partial charge < -0.3 is 34.3 Å². The van der Waals surface area contributed by atoms with E-state index in [-0.39, 0.29) is 11.8 Å². The minimum atomic E-state index is -0.687. The van der Waals surface area contributed by atoms with Gasteiger partial charge in [-0.2, -0.15) is 0 Å². The minimum Gasteiger partial charge on any atom is -0.486 e. The van der Waals surface area contributed by atoms with Gasteiger partial charge in [-0.05, 0) is 43.9 Å². The predicted octanol–water partition coefficient (Wildman–Crippen LogP) is 1.50. The second kappa shape index (κ2) is 11.5. The summed E-state index contributed by atoms with van der Waals surface area (Å²) in [5, 5.41) is 3.05. The van der Waals surface area contributed by atoms with Crippen LogP contribution in [0.3, 0.4) is 0 Å². The van der Waals surface area contributed by atoms with Crippen LogP contribution >= 0.6 is 0 Å². The number of hydrogen-bond acceptors (Lipinski definition) is 9. The number of benzene rings is 1. The number of fused-ring (bicyclic) bond motifs is 1. The van der Waals surface area contributed by atoms with Crippen molar-refractivity contribution in [2.75, 3.05) is 50.9 Å². The fourth-order valence-electron chi connectivity index (χ4n) is 5.34. The van der Waals surface area contributed by atoms with Crippen molar-refractivity contribution in [1.29, 1.82) is 0 Å². The maximum Gasteiger partial charge on any atom is 0.252 e. The number of ether oxygens (including phenoxy) is 3. The summed E-state index contributed by atoms with van der Waals surface area (Å²) in [6, 6.07) is 7.02. The highest BCUT2D eigenvalue weighted by atomic mass is 16.6. The van der Waals surface area contributed by atoms with E-state index in [0.717, 1.165) is 29.2 Å². The molecule has 1 aromatic carbocycles. The number of amides is 2. The van der Waals surface area contributed by atoms with Crippen LogP contribution in [0.25, 0.3) is 11.6 Å². The van der Waals surface area contributed by atoms with Crippen molar-refractivity contribution in [3.8, 4) is 23.1 Å². The molecule has 0 bridgehead atoms. The van der Waals surface area contributed by atoms with Crippen molar-refractivity contribution in [2.24, 2.45) is 0 Å². The smallest absolute Gasteiger partial charge is 0.252 e. The molecule has 2 aromatic heterocycles. The first-order valence-electron chi connectivity index (χ1n) is 13.7. The minimum absolute atomic E-state index is 0.126. The van der Waals surface area contributed by atoms with Gasteiger partial charge in [0.05, 0.1) is 0 Å². The lowest BCUT2D eigenvalue weighted by atomic mass is 10.1. The van der Waals surface area contributed by atoms with Gasteiger partial charge in [0.1, 0.15) is 31.2 Å². The third-order valence-electron chi connectivity index (χ3n) is 7.37. The summed E-state index contributed by atoms with van der Waals surface area (Å²) in [5.74, 6) is 2.88. The number of anilines is 1.